The summed E-state index contributed by atoms with van der Waals surface area (Å²) in [4.78, 5) is 12.8. The molecule has 0 aliphatic rings. The Balaban J connectivity index is 1.92. The highest BCUT2D eigenvalue weighted by Gasteiger charge is 2.08. The second-order valence-corrected chi connectivity index (χ2v) is 7.02. The Morgan fingerprint density at radius 2 is 1.95 bits per heavy atom. The normalized spacial score (nSPS) is 12.2. The molecule has 5 heteroatoms. The fraction of sp³-hybridized carbons (Fsp3) is 0.267. The minimum absolute atomic E-state index is 0.0543. The maximum Gasteiger partial charge on any atom is 0.251 e. The number of carbonyl (C=O) groups excluding carboxylic acids is 1. The lowest BCUT2D eigenvalue weighted by Gasteiger charge is -2.12. The minimum atomic E-state index is -0.0543. The third-order valence-electron chi connectivity index (χ3n) is 3.08. The van der Waals surface area contributed by atoms with Gasteiger partial charge in [0.25, 0.3) is 5.91 Å². The van der Waals surface area contributed by atoms with Crippen LogP contribution in [0, 0.1) is 0 Å². The van der Waals surface area contributed by atoms with E-state index in [1.165, 1.54) is 10.4 Å². The largest absolute Gasteiger partial charge is 0.355 e. The van der Waals surface area contributed by atoms with E-state index in [2.05, 4.69) is 45.6 Å². The van der Waals surface area contributed by atoms with E-state index in [9.17, 15) is 4.79 Å². The molecule has 0 saturated carbocycles. The molecule has 0 aliphatic carbocycles. The molecular weight excluding hydrogens is 336 g/mol. The SMILES string of the molecule is CNC(=O)c1ccc(CNC(C)c2ccc(Br)s2)cc1. The van der Waals surface area contributed by atoms with Crippen molar-refractivity contribution in [3.63, 3.8) is 0 Å². The van der Waals surface area contributed by atoms with Gasteiger partial charge in [0.2, 0.25) is 0 Å². The Morgan fingerprint density at radius 1 is 1.25 bits per heavy atom. The van der Waals surface area contributed by atoms with Crippen LogP contribution in [0.3, 0.4) is 0 Å². The second-order valence-electron chi connectivity index (χ2n) is 4.52. The lowest BCUT2D eigenvalue weighted by Crippen LogP contribution is -2.19. The monoisotopic (exact) mass is 352 g/mol. The Bertz CT molecular complexity index is 580. The molecule has 1 aromatic carbocycles. The first-order valence-electron chi connectivity index (χ1n) is 6.40. The van der Waals surface area contributed by atoms with Crippen LogP contribution in [0.1, 0.15) is 33.8 Å². The van der Waals surface area contributed by atoms with Gasteiger partial charge in [-0.1, -0.05) is 12.1 Å². The molecule has 1 amide bonds. The van der Waals surface area contributed by atoms with Crippen molar-refractivity contribution in [2.75, 3.05) is 7.05 Å². The van der Waals surface area contributed by atoms with E-state index in [-0.39, 0.29) is 5.91 Å². The summed E-state index contributed by atoms with van der Waals surface area (Å²) in [6.07, 6.45) is 0. The minimum Gasteiger partial charge on any atom is -0.355 e. The van der Waals surface area contributed by atoms with Gasteiger partial charge in [0, 0.05) is 30.1 Å². The van der Waals surface area contributed by atoms with Gasteiger partial charge in [-0.2, -0.15) is 0 Å². The van der Waals surface area contributed by atoms with E-state index in [0.717, 1.165) is 10.3 Å². The van der Waals surface area contributed by atoms with Crippen molar-refractivity contribution in [1.82, 2.24) is 10.6 Å². The zero-order chi connectivity index (χ0) is 14.5. The van der Waals surface area contributed by atoms with Crippen LogP contribution >= 0.6 is 27.3 Å². The van der Waals surface area contributed by atoms with E-state index in [1.807, 2.05) is 24.3 Å². The van der Waals surface area contributed by atoms with Gasteiger partial charge in [0.1, 0.15) is 0 Å². The summed E-state index contributed by atoms with van der Waals surface area (Å²) in [7, 11) is 1.64. The number of carbonyl (C=O) groups is 1. The molecule has 0 spiro atoms. The summed E-state index contributed by atoms with van der Waals surface area (Å²) < 4.78 is 1.15. The molecule has 1 atom stereocenters. The summed E-state index contributed by atoms with van der Waals surface area (Å²) in [6.45, 7) is 2.93. The molecule has 1 unspecified atom stereocenters. The standard InChI is InChI=1S/C15H17BrN2OS/c1-10(13-7-8-14(16)20-13)18-9-11-3-5-12(6-4-11)15(19)17-2/h3-8,10,18H,9H2,1-2H3,(H,17,19). The Kier molecular flexibility index (Phi) is 5.34. The molecule has 2 rings (SSSR count). The number of halogens is 1. The predicted molar refractivity (Wildman–Crippen MR) is 87.1 cm³/mol. The number of nitrogens with one attached hydrogen (secondary N) is 2. The highest BCUT2D eigenvalue weighted by Crippen LogP contribution is 2.27. The number of amides is 1. The number of benzene rings is 1. The quantitative estimate of drug-likeness (QED) is 0.860. The molecule has 0 aliphatic heterocycles. The van der Waals surface area contributed by atoms with Crippen molar-refractivity contribution in [2.24, 2.45) is 0 Å². The summed E-state index contributed by atoms with van der Waals surface area (Å²) in [5.41, 5.74) is 1.85. The first-order valence-corrected chi connectivity index (χ1v) is 8.00. The van der Waals surface area contributed by atoms with Crippen LogP contribution in [0.15, 0.2) is 40.2 Å². The predicted octanol–water partition coefficient (Wildman–Crippen LogP) is 3.72. The van der Waals surface area contributed by atoms with Crippen LogP contribution in [-0.2, 0) is 6.54 Å². The van der Waals surface area contributed by atoms with Crippen LogP contribution in [0.5, 0.6) is 0 Å². The number of hydrogen-bond acceptors (Lipinski definition) is 3. The molecule has 1 aromatic heterocycles. The maximum absolute atomic E-state index is 11.4. The van der Waals surface area contributed by atoms with Crippen molar-refractivity contribution in [3.05, 3.63) is 56.2 Å². The van der Waals surface area contributed by atoms with Crippen molar-refractivity contribution < 1.29 is 4.79 Å². The van der Waals surface area contributed by atoms with Gasteiger partial charge in [-0.3, -0.25) is 4.79 Å². The highest BCUT2D eigenvalue weighted by molar-refractivity contribution is 9.11. The molecule has 1 heterocycles. The molecule has 0 radical (unpaired) electrons. The molecule has 2 aromatic rings. The van der Waals surface area contributed by atoms with Crippen molar-refractivity contribution >= 4 is 33.2 Å². The fourth-order valence-corrected chi connectivity index (χ4v) is 3.30. The smallest absolute Gasteiger partial charge is 0.251 e. The summed E-state index contributed by atoms with van der Waals surface area (Å²) in [6, 6.07) is 12.2. The van der Waals surface area contributed by atoms with Gasteiger partial charge in [-0.25, -0.2) is 0 Å². The van der Waals surface area contributed by atoms with Gasteiger partial charge in [-0.05, 0) is 52.7 Å². The third-order valence-corrected chi connectivity index (χ3v) is 4.88. The van der Waals surface area contributed by atoms with Gasteiger partial charge in [0.15, 0.2) is 0 Å². The summed E-state index contributed by atoms with van der Waals surface area (Å²) in [5.74, 6) is -0.0543. The van der Waals surface area contributed by atoms with Crippen molar-refractivity contribution in [3.8, 4) is 0 Å². The van der Waals surface area contributed by atoms with Gasteiger partial charge in [0.05, 0.1) is 3.79 Å². The van der Waals surface area contributed by atoms with Crippen LogP contribution in [-0.4, -0.2) is 13.0 Å². The first kappa shape index (κ1) is 15.2. The van der Waals surface area contributed by atoms with Crippen molar-refractivity contribution in [2.45, 2.75) is 19.5 Å². The molecular formula is C15H17BrN2OS. The van der Waals surface area contributed by atoms with Crippen LogP contribution in [0.25, 0.3) is 0 Å². The number of rotatable bonds is 5. The number of thiophene rings is 1. The molecule has 3 nitrogen and oxygen atoms in total. The third kappa shape index (κ3) is 3.91. The van der Waals surface area contributed by atoms with Gasteiger partial charge >= 0.3 is 0 Å². The Hall–Kier alpha value is -1.17. The van der Waals surface area contributed by atoms with E-state index in [4.69, 9.17) is 0 Å². The lowest BCUT2D eigenvalue weighted by atomic mass is 10.1. The summed E-state index contributed by atoms with van der Waals surface area (Å²) >= 11 is 5.22. The molecule has 0 saturated heterocycles. The van der Waals surface area contributed by atoms with E-state index in [0.29, 0.717) is 11.6 Å². The number of hydrogen-bond donors (Lipinski definition) is 2. The van der Waals surface area contributed by atoms with Crippen LogP contribution in [0.2, 0.25) is 0 Å². The molecule has 106 valence electrons. The molecule has 2 N–H and O–H groups in total. The van der Waals surface area contributed by atoms with Crippen molar-refractivity contribution in [1.29, 1.82) is 0 Å². The maximum atomic E-state index is 11.4. The average molecular weight is 353 g/mol. The zero-order valence-corrected chi connectivity index (χ0v) is 13.8. The second kappa shape index (κ2) is 7.02. The van der Waals surface area contributed by atoms with E-state index < -0.39 is 0 Å². The van der Waals surface area contributed by atoms with Crippen LogP contribution in [0.4, 0.5) is 0 Å². The lowest BCUT2D eigenvalue weighted by molar-refractivity contribution is 0.0963. The zero-order valence-electron chi connectivity index (χ0n) is 11.4. The van der Waals surface area contributed by atoms with E-state index in [1.54, 1.807) is 18.4 Å². The summed E-state index contributed by atoms with van der Waals surface area (Å²) in [5, 5.41) is 6.10. The topological polar surface area (TPSA) is 41.1 Å². The highest BCUT2D eigenvalue weighted by atomic mass is 79.9. The fourth-order valence-electron chi connectivity index (χ4n) is 1.85. The average Bonchev–Trinajstić information content (AvgIpc) is 2.91. The van der Waals surface area contributed by atoms with Crippen LogP contribution < -0.4 is 10.6 Å². The molecule has 0 fully saturated rings. The Labute approximate surface area is 131 Å². The first-order chi connectivity index (χ1) is 9.60. The Morgan fingerprint density at radius 3 is 2.50 bits per heavy atom. The van der Waals surface area contributed by atoms with Gasteiger partial charge in [-0.15, -0.1) is 11.3 Å². The molecule has 0 bridgehead atoms. The van der Waals surface area contributed by atoms with E-state index >= 15 is 0 Å². The molecule has 20 heavy (non-hydrogen) atoms. The van der Waals surface area contributed by atoms with Gasteiger partial charge < -0.3 is 10.6 Å².